The van der Waals surface area contributed by atoms with Gasteiger partial charge in [-0.05, 0) is 38.8 Å². The molecular formula is C25H34FN7O3. The third-order valence-electron chi connectivity index (χ3n) is 6.98. The molecule has 4 rings (SSSR count). The van der Waals surface area contributed by atoms with Crippen LogP contribution in [-0.4, -0.2) is 58.0 Å². The second kappa shape index (κ2) is 9.88. The maximum atomic E-state index is 14.8. The summed E-state index contributed by atoms with van der Waals surface area (Å²) < 4.78 is 23.3. The third kappa shape index (κ3) is 4.55. The van der Waals surface area contributed by atoms with Crippen molar-refractivity contribution in [3.63, 3.8) is 0 Å². The van der Waals surface area contributed by atoms with E-state index in [2.05, 4.69) is 34.1 Å². The van der Waals surface area contributed by atoms with E-state index in [1.807, 2.05) is 4.57 Å². The van der Waals surface area contributed by atoms with Gasteiger partial charge in [0.1, 0.15) is 0 Å². The van der Waals surface area contributed by atoms with Crippen molar-refractivity contribution < 1.29 is 18.7 Å². The molecule has 0 spiro atoms. The topological polar surface area (TPSA) is 120 Å². The highest BCUT2D eigenvalue weighted by molar-refractivity contribution is 6.05. The van der Waals surface area contributed by atoms with Crippen molar-refractivity contribution in [3.05, 3.63) is 34.9 Å². The monoisotopic (exact) mass is 499 g/mol. The predicted octanol–water partition coefficient (Wildman–Crippen LogP) is 3.32. The number of nitrogens with two attached hydrogens (primary N) is 1. The highest BCUT2D eigenvalue weighted by Crippen LogP contribution is 2.40. The fourth-order valence-electron chi connectivity index (χ4n) is 4.85. The first-order valence-corrected chi connectivity index (χ1v) is 12.2. The van der Waals surface area contributed by atoms with Gasteiger partial charge in [0.05, 0.1) is 22.4 Å². The number of primary amides is 1. The number of nitrogens with one attached hydrogen (secondary N) is 1. The van der Waals surface area contributed by atoms with Crippen molar-refractivity contribution in [2.24, 2.45) is 11.1 Å². The number of hydrogen-bond donors (Lipinski definition) is 2. The molecule has 3 N–H and O–H groups in total. The van der Waals surface area contributed by atoms with E-state index in [9.17, 15) is 14.0 Å². The average molecular weight is 500 g/mol. The fourth-order valence-corrected chi connectivity index (χ4v) is 4.85. The van der Waals surface area contributed by atoms with Crippen LogP contribution in [0.3, 0.4) is 0 Å². The molecule has 3 aromatic rings. The highest BCUT2D eigenvalue weighted by Gasteiger charge is 2.34. The molecular weight excluding hydrogens is 465 g/mol. The van der Waals surface area contributed by atoms with Crippen molar-refractivity contribution in [2.45, 2.75) is 53.6 Å². The van der Waals surface area contributed by atoms with Crippen LogP contribution in [0.25, 0.3) is 11.0 Å². The molecule has 0 saturated heterocycles. The molecule has 3 heterocycles. The zero-order valence-electron chi connectivity index (χ0n) is 21.5. The summed E-state index contributed by atoms with van der Waals surface area (Å²) in [5.74, 6) is -1.55. The number of halogens is 1. The molecule has 0 radical (unpaired) electrons. The summed E-state index contributed by atoms with van der Waals surface area (Å²) in [5.41, 5.74) is 8.00. The molecule has 0 bridgehead atoms. The van der Waals surface area contributed by atoms with Crippen LogP contribution in [0.4, 0.5) is 16.0 Å². The Balaban J connectivity index is 1.87. The Morgan fingerprint density at radius 1 is 1.28 bits per heavy atom. The Hall–Kier alpha value is -3.47. The van der Waals surface area contributed by atoms with Gasteiger partial charge in [0.15, 0.2) is 11.5 Å². The SMILES string of the molecule is CCn1nc(C)c(F)c1C(=O)Nc1nc2cc(C(N)=O)cc3c2n1C[C@@](C)(CC)CN3CCCOC. The summed E-state index contributed by atoms with van der Waals surface area (Å²) in [6.45, 7) is 10.6. The molecule has 2 amide bonds. The Morgan fingerprint density at radius 3 is 2.67 bits per heavy atom. The minimum atomic E-state index is -0.652. The summed E-state index contributed by atoms with van der Waals surface area (Å²) >= 11 is 0. The van der Waals surface area contributed by atoms with E-state index < -0.39 is 17.6 Å². The standard InChI is InChI=1S/C25H34FN7O3/c1-6-25(4)13-31(9-8-10-36-5)18-12-16(22(27)34)11-17-20(18)32(14-25)24(28-17)29-23(35)21-19(26)15(3)30-33(21)7-2/h11-12H,6-10,13-14H2,1-5H3,(H2,27,34)(H,28,29,35)/t25-/m0/s1. The minimum absolute atomic E-state index is 0.138. The van der Waals surface area contributed by atoms with Crippen LogP contribution in [0.2, 0.25) is 0 Å². The number of nitrogens with zero attached hydrogens (tertiary/aromatic N) is 5. The molecule has 0 aliphatic carbocycles. The molecule has 10 nitrogen and oxygen atoms in total. The van der Waals surface area contributed by atoms with E-state index in [0.717, 1.165) is 30.6 Å². The number of carbonyl (C=O) groups excluding carboxylic acids is 2. The van der Waals surface area contributed by atoms with Gasteiger partial charge in [0.2, 0.25) is 11.9 Å². The van der Waals surface area contributed by atoms with Gasteiger partial charge in [-0.15, -0.1) is 0 Å². The van der Waals surface area contributed by atoms with Crippen LogP contribution in [0.5, 0.6) is 0 Å². The number of hydrogen-bond acceptors (Lipinski definition) is 6. The van der Waals surface area contributed by atoms with Gasteiger partial charge in [-0.1, -0.05) is 13.8 Å². The molecule has 1 aliphatic rings. The smallest absolute Gasteiger partial charge is 0.279 e. The lowest BCUT2D eigenvalue weighted by molar-refractivity contribution is 0.0994. The lowest BCUT2D eigenvalue weighted by Gasteiger charge is -2.34. The molecule has 0 saturated carbocycles. The summed E-state index contributed by atoms with van der Waals surface area (Å²) in [6, 6.07) is 3.42. The zero-order chi connectivity index (χ0) is 26.2. The minimum Gasteiger partial charge on any atom is -0.385 e. The number of rotatable bonds is 9. The van der Waals surface area contributed by atoms with Gasteiger partial charge in [-0.25, -0.2) is 9.37 Å². The van der Waals surface area contributed by atoms with Crippen molar-refractivity contribution in [1.29, 1.82) is 0 Å². The van der Waals surface area contributed by atoms with Gasteiger partial charge in [0.25, 0.3) is 5.91 Å². The maximum Gasteiger partial charge on any atom is 0.279 e. The number of methoxy groups -OCH3 is 1. The summed E-state index contributed by atoms with van der Waals surface area (Å²) in [4.78, 5) is 32.3. The highest BCUT2D eigenvalue weighted by atomic mass is 19.1. The normalized spacial score (nSPS) is 17.4. The van der Waals surface area contributed by atoms with E-state index >= 15 is 0 Å². The van der Waals surface area contributed by atoms with Crippen LogP contribution in [0, 0.1) is 18.2 Å². The number of anilines is 2. The first-order chi connectivity index (χ1) is 17.1. The van der Waals surface area contributed by atoms with Crippen LogP contribution >= 0.6 is 0 Å². The molecule has 11 heteroatoms. The van der Waals surface area contributed by atoms with Crippen LogP contribution < -0.4 is 16.0 Å². The first-order valence-electron chi connectivity index (χ1n) is 12.2. The van der Waals surface area contributed by atoms with Crippen molar-refractivity contribution in [2.75, 3.05) is 37.0 Å². The zero-order valence-corrected chi connectivity index (χ0v) is 21.5. The van der Waals surface area contributed by atoms with E-state index in [-0.39, 0.29) is 22.8 Å². The number of carbonyl (C=O) groups is 2. The lowest BCUT2D eigenvalue weighted by Crippen LogP contribution is -2.37. The molecule has 0 unspecified atom stereocenters. The van der Waals surface area contributed by atoms with Gasteiger partial charge >= 0.3 is 0 Å². The lowest BCUT2D eigenvalue weighted by atomic mass is 9.87. The van der Waals surface area contributed by atoms with E-state index in [1.165, 1.54) is 11.6 Å². The predicted molar refractivity (Wildman–Crippen MR) is 136 cm³/mol. The number of ether oxygens (including phenoxy) is 1. The molecule has 2 aromatic heterocycles. The molecule has 1 aromatic carbocycles. The van der Waals surface area contributed by atoms with Crippen LogP contribution in [-0.2, 0) is 17.8 Å². The fraction of sp³-hybridized carbons (Fsp3) is 0.520. The van der Waals surface area contributed by atoms with E-state index in [4.69, 9.17) is 10.5 Å². The van der Waals surface area contributed by atoms with Crippen molar-refractivity contribution in [3.8, 4) is 0 Å². The molecule has 194 valence electrons. The first kappa shape index (κ1) is 25.6. The van der Waals surface area contributed by atoms with Gasteiger partial charge in [-0.3, -0.25) is 19.6 Å². The number of aromatic nitrogens is 4. The third-order valence-corrected chi connectivity index (χ3v) is 6.98. The van der Waals surface area contributed by atoms with Crippen LogP contribution in [0.15, 0.2) is 12.1 Å². The Labute approximate surface area is 209 Å². The van der Waals surface area contributed by atoms with Gasteiger partial charge in [0, 0.05) is 50.9 Å². The van der Waals surface area contributed by atoms with Gasteiger partial charge < -0.3 is 19.9 Å². The van der Waals surface area contributed by atoms with Crippen molar-refractivity contribution in [1.82, 2.24) is 19.3 Å². The van der Waals surface area contributed by atoms with E-state index in [0.29, 0.717) is 37.3 Å². The number of benzene rings is 1. The quantitative estimate of drug-likeness (QED) is 0.436. The number of amides is 2. The Morgan fingerprint density at radius 2 is 2.03 bits per heavy atom. The van der Waals surface area contributed by atoms with Crippen molar-refractivity contribution >= 4 is 34.5 Å². The second-order valence-corrected chi connectivity index (χ2v) is 9.70. The molecule has 36 heavy (non-hydrogen) atoms. The summed E-state index contributed by atoms with van der Waals surface area (Å²) in [5, 5.41) is 6.94. The number of aryl methyl sites for hydroxylation is 2. The Bertz CT molecular complexity index is 1310. The van der Waals surface area contributed by atoms with Crippen LogP contribution in [0.1, 0.15) is 60.2 Å². The van der Waals surface area contributed by atoms with E-state index in [1.54, 1.807) is 26.2 Å². The Kier molecular flexibility index (Phi) is 7.03. The molecule has 0 fully saturated rings. The molecule has 1 atom stereocenters. The summed E-state index contributed by atoms with van der Waals surface area (Å²) in [7, 11) is 1.67. The average Bonchev–Trinajstić information content (AvgIpc) is 3.28. The van der Waals surface area contributed by atoms with Gasteiger partial charge in [-0.2, -0.15) is 5.10 Å². The molecule has 1 aliphatic heterocycles. The second-order valence-electron chi connectivity index (χ2n) is 9.70. The summed E-state index contributed by atoms with van der Waals surface area (Å²) in [6.07, 6.45) is 1.67. The largest absolute Gasteiger partial charge is 0.385 e. The number of imidazole rings is 1. The maximum absolute atomic E-state index is 14.8.